The third kappa shape index (κ3) is 3.51. The lowest BCUT2D eigenvalue weighted by molar-refractivity contribution is 0.122. The second kappa shape index (κ2) is 7.09. The Morgan fingerprint density at radius 2 is 2.08 bits per heavy atom. The van der Waals surface area contributed by atoms with E-state index in [0.717, 1.165) is 17.9 Å². The van der Waals surface area contributed by atoms with Gasteiger partial charge in [0, 0.05) is 23.8 Å². The van der Waals surface area contributed by atoms with E-state index >= 15 is 0 Å². The number of anilines is 2. The smallest absolute Gasteiger partial charge is 0.414 e. The van der Waals surface area contributed by atoms with Crippen LogP contribution in [0.2, 0.25) is 0 Å². The van der Waals surface area contributed by atoms with Crippen LogP contribution >= 0.6 is 0 Å². The molecule has 1 fully saturated rings. The topological polar surface area (TPSA) is 110 Å². The maximum Gasteiger partial charge on any atom is 0.414 e. The second-order valence-corrected chi connectivity index (χ2v) is 5.42. The molecule has 3 rings (SSSR count). The van der Waals surface area contributed by atoms with Gasteiger partial charge in [0.2, 0.25) is 0 Å². The summed E-state index contributed by atoms with van der Waals surface area (Å²) in [4.78, 5) is 20.6. The zero-order chi connectivity index (χ0) is 16.9. The number of nitrogens with two attached hydrogens (primary N) is 2. The van der Waals surface area contributed by atoms with Crippen LogP contribution < -0.4 is 21.4 Å². The van der Waals surface area contributed by atoms with Crippen LogP contribution in [-0.4, -0.2) is 49.8 Å². The average Bonchev–Trinajstić information content (AvgIpc) is 2.96. The molecule has 1 aromatic rings. The van der Waals surface area contributed by atoms with Gasteiger partial charge >= 0.3 is 6.09 Å². The highest BCUT2D eigenvalue weighted by Crippen LogP contribution is 2.25. The number of hydrogen-bond acceptors (Lipinski definition) is 8. The quantitative estimate of drug-likeness (QED) is 0.593. The van der Waals surface area contributed by atoms with Crippen LogP contribution in [-0.2, 0) is 9.57 Å². The molecular weight excluding hydrogens is 312 g/mol. The molecule has 2 heterocycles. The lowest BCUT2D eigenvalue weighted by atomic mass is 10.2. The highest BCUT2D eigenvalue weighted by Gasteiger charge is 2.32. The van der Waals surface area contributed by atoms with E-state index in [1.54, 1.807) is 11.2 Å². The maximum atomic E-state index is 12.1. The van der Waals surface area contributed by atoms with Gasteiger partial charge in [-0.05, 0) is 24.3 Å². The summed E-state index contributed by atoms with van der Waals surface area (Å²) in [7, 11) is 0. The van der Waals surface area contributed by atoms with Crippen LogP contribution in [0.3, 0.4) is 0 Å². The fourth-order valence-corrected chi connectivity index (χ4v) is 2.59. The molecule has 9 nitrogen and oxygen atoms in total. The first kappa shape index (κ1) is 15.9. The van der Waals surface area contributed by atoms with Crippen LogP contribution in [0, 0.1) is 0 Å². The molecule has 0 aliphatic carbocycles. The van der Waals surface area contributed by atoms with Gasteiger partial charge in [0.25, 0.3) is 0 Å². The molecular formula is C15H20N6O3. The Labute approximate surface area is 139 Å². The summed E-state index contributed by atoms with van der Waals surface area (Å²) in [5, 5.41) is 5.18. The van der Waals surface area contributed by atoms with E-state index in [4.69, 9.17) is 21.2 Å². The van der Waals surface area contributed by atoms with Gasteiger partial charge in [-0.15, -0.1) is 0 Å². The van der Waals surface area contributed by atoms with Crippen molar-refractivity contribution in [2.45, 2.75) is 6.10 Å². The van der Waals surface area contributed by atoms with Gasteiger partial charge in [-0.25, -0.2) is 10.6 Å². The Morgan fingerprint density at radius 3 is 2.75 bits per heavy atom. The third-order valence-electron chi connectivity index (χ3n) is 3.74. The number of amides is 1. The first-order valence-electron chi connectivity index (χ1n) is 7.57. The lowest BCUT2D eigenvalue weighted by Crippen LogP contribution is -2.36. The van der Waals surface area contributed by atoms with Gasteiger partial charge in [0.15, 0.2) is 0 Å². The normalized spacial score (nSPS) is 20.4. The second-order valence-electron chi connectivity index (χ2n) is 5.42. The summed E-state index contributed by atoms with van der Waals surface area (Å²) >= 11 is 0. The van der Waals surface area contributed by atoms with Gasteiger partial charge in [-0.2, -0.15) is 0 Å². The van der Waals surface area contributed by atoms with Gasteiger partial charge in [-0.1, -0.05) is 5.16 Å². The minimum atomic E-state index is -0.384. The summed E-state index contributed by atoms with van der Waals surface area (Å²) in [5.74, 6) is 5.72. The van der Waals surface area contributed by atoms with E-state index in [1.807, 2.05) is 29.2 Å². The highest BCUT2D eigenvalue weighted by molar-refractivity contribution is 5.90. The molecule has 1 amide bonds. The Bertz CT molecular complexity index is 633. The molecule has 0 bridgehead atoms. The van der Waals surface area contributed by atoms with Crippen molar-refractivity contribution >= 4 is 23.8 Å². The molecule has 0 saturated carbocycles. The summed E-state index contributed by atoms with van der Waals surface area (Å²) < 4.78 is 5.33. The Balaban J connectivity index is 1.64. The number of cyclic esters (lactones) is 1. The first-order chi connectivity index (χ1) is 11.7. The van der Waals surface area contributed by atoms with Crippen molar-refractivity contribution in [3.8, 4) is 0 Å². The average molecular weight is 332 g/mol. The van der Waals surface area contributed by atoms with E-state index in [2.05, 4.69) is 5.16 Å². The van der Waals surface area contributed by atoms with Crippen molar-refractivity contribution in [1.29, 1.82) is 0 Å². The third-order valence-corrected chi connectivity index (χ3v) is 3.74. The summed E-state index contributed by atoms with van der Waals surface area (Å²) in [6.07, 6.45) is 3.80. The summed E-state index contributed by atoms with van der Waals surface area (Å²) in [6.45, 7) is 2.09. The number of rotatable bonds is 5. The number of carbonyl (C=O) groups excluding carboxylic acids is 1. The van der Waals surface area contributed by atoms with Crippen LogP contribution in [0.4, 0.5) is 16.2 Å². The number of hydrogen-bond donors (Lipinski definition) is 2. The molecule has 2 aliphatic rings. The largest absolute Gasteiger partial charge is 0.442 e. The number of oxime groups is 1. The van der Waals surface area contributed by atoms with E-state index < -0.39 is 0 Å². The fourth-order valence-electron chi connectivity index (χ4n) is 2.59. The lowest BCUT2D eigenvalue weighted by Gasteiger charge is -2.22. The predicted octanol–water partition coefficient (Wildman–Crippen LogP) is 0.397. The molecule has 1 saturated heterocycles. The van der Waals surface area contributed by atoms with E-state index in [-0.39, 0.29) is 12.2 Å². The van der Waals surface area contributed by atoms with Crippen LogP contribution in [0.15, 0.2) is 41.8 Å². The van der Waals surface area contributed by atoms with Crippen LogP contribution in [0.5, 0.6) is 0 Å². The number of carbonyl (C=O) groups is 1. The van der Waals surface area contributed by atoms with Crippen molar-refractivity contribution in [1.82, 2.24) is 5.01 Å². The molecule has 1 unspecified atom stereocenters. The minimum Gasteiger partial charge on any atom is -0.442 e. The van der Waals surface area contributed by atoms with Gasteiger partial charge in [-0.3, -0.25) is 4.90 Å². The van der Waals surface area contributed by atoms with Gasteiger partial charge in [0.05, 0.1) is 19.6 Å². The van der Waals surface area contributed by atoms with Crippen LogP contribution in [0.1, 0.15) is 0 Å². The zero-order valence-electron chi connectivity index (χ0n) is 13.1. The molecule has 4 N–H and O–H groups in total. The van der Waals surface area contributed by atoms with Gasteiger partial charge in [0.1, 0.15) is 19.0 Å². The monoisotopic (exact) mass is 332 g/mol. The summed E-state index contributed by atoms with van der Waals surface area (Å²) in [6, 6.07) is 7.61. The Kier molecular flexibility index (Phi) is 4.71. The van der Waals surface area contributed by atoms with Crippen molar-refractivity contribution < 1.29 is 14.4 Å². The van der Waals surface area contributed by atoms with Crippen molar-refractivity contribution in [3.05, 3.63) is 36.7 Å². The SMILES string of the molecule is N/C=C\N(N)CC1CN(c2ccc(N3C=NOCC3)cc2)C(=O)O1. The summed E-state index contributed by atoms with van der Waals surface area (Å²) in [5.41, 5.74) is 7.04. The first-order valence-corrected chi connectivity index (χ1v) is 7.57. The number of ether oxygens (including phenoxy) is 1. The fraction of sp³-hybridized carbons (Fsp3) is 0.333. The molecule has 2 aliphatic heterocycles. The molecule has 24 heavy (non-hydrogen) atoms. The van der Waals surface area contributed by atoms with E-state index in [1.165, 1.54) is 17.4 Å². The molecule has 1 atom stereocenters. The number of hydrazine groups is 1. The highest BCUT2D eigenvalue weighted by atomic mass is 16.6. The Hall–Kier alpha value is -2.94. The van der Waals surface area contributed by atoms with Crippen molar-refractivity contribution in [2.75, 3.05) is 36.0 Å². The molecule has 128 valence electrons. The molecule has 0 radical (unpaired) electrons. The molecule has 9 heteroatoms. The van der Waals surface area contributed by atoms with E-state index in [0.29, 0.717) is 19.7 Å². The van der Waals surface area contributed by atoms with Crippen molar-refractivity contribution in [3.63, 3.8) is 0 Å². The number of benzene rings is 1. The van der Waals surface area contributed by atoms with Crippen LogP contribution in [0.25, 0.3) is 0 Å². The zero-order valence-corrected chi connectivity index (χ0v) is 13.1. The van der Waals surface area contributed by atoms with E-state index in [9.17, 15) is 4.79 Å². The predicted molar refractivity (Wildman–Crippen MR) is 90.1 cm³/mol. The molecule has 0 spiro atoms. The molecule has 1 aromatic carbocycles. The standard InChI is InChI=1S/C15H20N6O3/c16-5-6-20(17)9-14-10-21(15(22)24-14)13-3-1-12(2-4-13)19-7-8-23-18-11-19/h1-6,11,14H,7-10,16-17H2/b6-5-. The maximum absolute atomic E-state index is 12.1. The number of nitrogens with zero attached hydrogens (tertiary/aromatic N) is 4. The van der Waals surface area contributed by atoms with Crippen molar-refractivity contribution in [2.24, 2.45) is 16.7 Å². The Morgan fingerprint density at radius 1 is 1.33 bits per heavy atom. The van der Waals surface area contributed by atoms with Gasteiger partial charge < -0.3 is 25.2 Å². The minimum absolute atomic E-state index is 0.315. The molecule has 0 aromatic heterocycles.